The van der Waals surface area contributed by atoms with Gasteiger partial charge in [-0.05, 0) is 0 Å². The first kappa shape index (κ1) is 10.2. The Morgan fingerprint density at radius 1 is 1.57 bits per heavy atom. The molecule has 4 N–H and O–H groups in total. The number of nitrogens with zero attached hydrogens (tertiary/aromatic N) is 1. The summed E-state index contributed by atoms with van der Waals surface area (Å²) < 4.78 is 0.734. The minimum atomic E-state index is -1.14. The van der Waals surface area contributed by atoms with Crippen molar-refractivity contribution in [1.82, 2.24) is 9.55 Å². The summed E-state index contributed by atoms with van der Waals surface area (Å²) in [5.41, 5.74) is 3.83. The second-order valence-corrected chi connectivity index (χ2v) is 2.61. The number of aliphatic carboxylic acids is 1. The predicted octanol–water partition coefficient (Wildman–Crippen LogP) is -1.92. The van der Waals surface area contributed by atoms with Crippen molar-refractivity contribution in [3.63, 3.8) is 0 Å². The van der Waals surface area contributed by atoms with Crippen LogP contribution in [0.15, 0.2) is 15.8 Å². The second-order valence-electron chi connectivity index (χ2n) is 2.61. The van der Waals surface area contributed by atoms with Crippen LogP contribution in [0, 0.1) is 0 Å². The molecule has 7 heteroatoms. The van der Waals surface area contributed by atoms with Gasteiger partial charge in [-0.15, -0.1) is 0 Å². The van der Waals surface area contributed by atoms with Gasteiger partial charge >= 0.3 is 11.7 Å². The van der Waals surface area contributed by atoms with Gasteiger partial charge < -0.3 is 15.8 Å². The number of H-pyrrole nitrogens is 1. The van der Waals surface area contributed by atoms with Crippen LogP contribution in [0.1, 0.15) is 5.56 Å². The highest BCUT2D eigenvalue weighted by Crippen LogP contribution is 1.87. The van der Waals surface area contributed by atoms with Gasteiger partial charge in [-0.2, -0.15) is 0 Å². The first-order valence-corrected chi connectivity index (χ1v) is 3.79. The van der Waals surface area contributed by atoms with E-state index in [2.05, 4.69) is 4.98 Å². The quantitative estimate of drug-likeness (QED) is 0.524. The largest absolute Gasteiger partial charge is 0.481 e. The zero-order valence-electron chi connectivity index (χ0n) is 7.19. The fraction of sp³-hybridized carbons (Fsp3) is 0.286. The van der Waals surface area contributed by atoms with Crippen LogP contribution < -0.4 is 17.0 Å². The smallest absolute Gasteiger partial charge is 0.329 e. The van der Waals surface area contributed by atoms with Crippen molar-refractivity contribution >= 4 is 5.97 Å². The van der Waals surface area contributed by atoms with E-state index >= 15 is 0 Å². The van der Waals surface area contributed by atoms with Gasteiger partial charge in [0.2, 0.25) is 0 Å². The number of hydrogen-bond acceptors (Lipinski definition) is 4. The molecule has 0 aliphatic heterocycles. The van der Waals surface area contributed by atoms with E-state index in [1.165, 1.54) is 0 Å². The molecule has 0 amide bonds. The summed E-state index contributed by atoms with van der Waals surface area (Å²) in [5, 5.41) is 8.45. The van der Waals surface area contributed by atoms with E-state index in [4.69, 9.17) is 10.8 Å². The van der Waals surface area contributed by atoms with Gasteiger partial charge in [-0.3, -0.25) is 9.59 Å². The van der Waals surface area contributed by atoms with Gasteiger partial charge in [0.15, 0.2) is 0 Å². The second kappa shape index (κ2) is 3.88. The van der Waals surface area contributed by atoms with Crippen LogP contribution in [0.5, 0.6) is 0 Å². The van der Waals surface area contributed by atoms with Gasteiger partial charge in [0, 0.05) is 11.8 Å². The number of carbonyl (C=O) groups is 1. The number of aromatic nitrogens is 2. The van der Waals surface area contributed by atoms with Gasteiger partial charge in [0.25, 0.3) is 5.56 Å². The van der Waals surface area contributed by atoms with Gasteiger partial charge in [-0.1, -0.05) is 0 Å². The molecule has 14 heavy (non-hydrogen) atoms. The van der Waals surface area contributed by atoms with Gasteiger partial charge in [-0.25, -0.2) is 9.36 Å². The van der Waals surface area contributed by atoms with Crippen LogP contribution in [-0.2, 0) is 17.9 Å². The Kier molecular flexibility index (Phi) is 2.82. The maximum atomic E-state index is 11.4. The Morgan fingerprint density at radius 3 is 2.71 bits per heavy atom. The highest BCUT2D eigenvalue weighted by molar-refractivity contribution is 5.69. The van der Waals surface area contributed by atoms with E-state index < -0.39 is 23.6 Å². The molecular weight excluding hydrogens is 190 g/mol. The molecule has 76 valence electrons. The molecule has 0 unspecified atom stereocenters. The maximum absolute atomic E-state index is 11.4. The average Bonchev–Trinajstić information content (AvgIpc) is 2.10. The van der Waals surface area contributed by atoms with Crippen LogP contribution in [0.3, 0.4) is 0 Å². The Morgan fingerprint density at radius 2 is 2.21 bits per heavy atom. The van der Waals surface area contributed by atoms with E-state index in [1.807, 2.05) is 0 Å². The average molecular weight is 199 g/mol. The fourth-order valence-electron chi connectivity index (χ4n) is 1.01. The Labute approximate surface area is 77.8 Å². The summed E-state index contributed by atoms with van der Waals surface area (Å²) in [6, 6.07) is 0. The fourth-order valence-corrected chi connectivity index (χ4v) is 1.01. The highest BCUT2D eigenvalue weighted by Gasteiger charge is 2.08. The lowest BCUT2D eigenvalue weighted by Gasteiger charge is -2.01. The summed E-state index contributed by atoms with van der Waals surface area (Å²) >= 11 is 0. The lowest BCUT2D eigenvalue weighted by Crippen LogP contribution is -2.39. The predicted molar refractivity (Wildman–Crippen MR) is 46.8 cm³/mol. The topological polar surface area (TPSA) is 118 Å². The summed E-state index contributed by atoms with van der Waals surface area (Å²) in [6.45, 7) is -0.276. The first-order valence-electron chi connectivity index (χ1n) is 3.79. The van der Waals surface area contributed by atoms with E-state index in [1.54, 1.807) is 0 Å². The molecule has 0 saturated heterocycles. The molecular formula is C7H9N3O4. The molecule has 0 saturated carbocycles. The third-order valence-corrected chi connectivity index (χ3v) is 1.66. The molecule has 0 aliphatic carbocycles. The van der Waals surface area contributed by atoms with Crippen LogP contribution in [0.2, 0.25) is 0 Å². The van der Waals surface area contributed by atoms with Crippen molar-refractivity contribution in [2.45, 2.75) is 13.1 Å². The number of hydrogen-bond donors (Lipinski definition) is 3. The third-order valence-electron chi connectivity index (χ3n) is 1.66. The highest BCUT2D eigenvalue weighted by atomic mass is 16.4. The SMILES string of the molecule is NCn1c(=O)[nH]cc(CC(=O)O)c1=O. The van der Waals surface area contributed by atoms with Crippen molar-refractivity contribution in [3.05, 3.63) is 32.6 Å². The summed E-state index contributed by atoms with van der Waals surface area (Å²) in [5.74, 6) is -1.14. The molecule has 0 aliphatic rings. The molecule has 0 aromatic carbocycles. The van der Waals surface area contributed by atoms with E-state index in [0.29, 0.717) is 0 Å². The minimum Gasteiger partial charge on any atom is -0.481 e. The first-order chi connectivity index (χ1) is 6.56. The van der Waals surface area contributed by atoms with Crippen molar-refractivity contribution in [2.24, 2.45) is 5.73 Å². The van der Waals surface area contributed by atoms with Crippen molar-refractivity contribution in [1.29, 1.82) is 0 Å². The standard InChI is InChI=1S/C7H9N3O4/c8-3-10-6(13)4(1-5(11)12)2-9-7(10)14/h2H,1,3,8H2,(H,9,14)(H,11,12). The number of carboxylic acid groups (broad SMARTS) is 1. The van der Waals surface area contributed by atoms with Crippen LogP contribution in [-0.4, -0.2) is 20.6 Å². The molecule has 0 radical (unpaired) electrons. The zero-order valence-corrected chi connectivity index (χ0v) is 7.19. The number of rotatable bonds is 3. The lowest BCUT2D eigenvalue weighted by atomic mass is 10.2. The van der Waals surface area contributed by atoms with Crippen LogP contribution in [0.25, 0.3) is 0 Å². The summed E-state index contributed by atoms with van der Waals surface area (Å²) in [4.78, 5) is 34.9. The number of aromatic amines is 1. The number of nitrogens with one attached hydrogen (secondary N) is 1. The molecule has 1 aromatic rings. The van der Waals surface area contributed by atoms with Crippen molar-refractivity contribution < 1.29 is 9.90 Å². The van der Waals surface area contributed by atoms with Gasteiger partial charge in [0.05, 0.1) is 13.1 Å². The van der Waals surface area contributed by atoms with E-state index in [-0.39, 0.29) is 12.2 Å². The number of carboxylic acids is 1. The monoisotopic (exact) mass is 199 g/mol. The normalized spacial score (nSPS) is 10.1. The molecule has 0 fully saturated rings. The molecule has 0 atom stereocenters. The van der Waals surface area contributed by atoms with Gasteiger partial charge in [0.1, 0.15) is 0 Å². The van der Waals surface area contributed by atoms with Crippen molar-refractivity contribution in [2.75, 3.05) is 0 Å². The lowest BCUT2D eigenvalue weighted by molar-refractivity contribution is -0.136. The molecule has 0 spiro atoms. The Hall–Kier alpha value is -1.89. The number of nitrogens with two attached hydrogens (primary N) is 1. The summed E-state index contributed by atoms with van der Waals surface area (Å²) in [6.07, 6.45) is 0.653. The maximum Gasteiger partial charge on any atom is 0.329 e. The summed E-state index contributed by atoms with van der Waals surface area (Å²) in [7, 11) is 0. The molecule has 0 bridgehead atoms. The molecule has 7 nitrogen and oxygen atoms in total. The minimum absolute atomic E-state index is 0.00236. The van der Waals surface area contributed by atoms with E-state index in [9.17, 15) is 14.4 Å². The van der Waals surface area contributed by atoms with Crippen LogP contribution >= 0.6 is 0 Å². The third kappa shape index (κ3) is 1.88. The Balaban J connectivity index is 3.29. The molecule has 1 heterocycles. The van der Waals surface area contributed by atoms with E-state index in [0.717, 1.165) is 10.8 Å². The van der Waals surface area contributed by atoms with Crippen molar-refractivity contribution in [3.8, 4) is 0 Å². The van der Waals surface area contributed by atoms with Crippen LogP contribution in [0.4, 0.5) is 0 Å². The Bertz CT molecular complexity index is 459. The molecule has 1 rings (SSSR count). The molecule has 1 aromatic heterocycles. The zero-order chi connectivity index (χ0) is 10.7.